The molecule has 0 aromatic heterocycles. The van der Waals surface area contributed by atoms with Crippen LogP contribution in [0.5, 0.6) is 0 Å². The lowest BCUT2D eigenvalue weighted by Gasteiger charge is -2.39. The molecule has 3 unspecified atom stereocenters. The summed E-state index contributed by atoms with van der Waals surface area (Å²) in [6, 6.07) is 3.18. The summed E-state index contributed by atoms with van der Waals surface area (Å²) in [5, 5.41) is 5.57. The highest BCUT2D eigenvalue weighted by molar-refractivity contribution is 5.94. The summed E-state index contributed by atoms with van der Waals surface area (Å²) in [7, 11) is 0. The normalized spacial score (nSPS) is 13.8. The monoisotopic (exact) mass is 560 g/mol. The number of aryl methyl sites for hydroxylation is 2. The van der Waals surface area contributed by atoms with Gasteiger partial charge in [0.05, 0.1) is 6.42 Å². The molecule has 3 atom stereocenters. The first-order valence-corrected chi connectivity index (χ1v) is 14.5. The number of carbonyl (C=O) groups excluding carboxylic acids is 4. The van der Waals surface area contributed by atoms with Crippen LogP contribution in [-0.2, 0) is 19.1 Å². The Hall–Kier alpha value is -3.10. The predicted octanol–water partition coefficient (Wildman–Crippen LogP) is 5.07. The summed E-state index contributed by atoms with van der Waals surface area (Å²) in [5.41, 5.74) is 7.29. The van der Waals surface area contributed by atoms with E-state index >= 15 is 0 Å². The fraction of sp³-hybridized carbons (Fsp3) is 0.677. The summed E-state index contributed by atoms with van der Waals surface area (Å²) in [6.07, 6.45) is 2.99. The molecule has 9 heteroatoms. The number of nitrogens with one attached hydrogen (secondary N) is 2. The van der Waals surface area contributed by atoms with E-state index in [2.05, 4.69) is 31.4 Å². The molecule has 0 aliphatic rings. The molecular formula is C31H52N4O5. The molecule has 1 aromatic carbocycles. The highest BCUT2D eigenvalue weighted by atomic mass is 16.6. The lowest BCUT2D eigenvalue weighted by atomic mass is 9.95. The first-order chi connectivity index (χ1) is 18.5. The average molecular weight is 561 g/mol. The van der Waals surface area contributed by atoms with Crippen molar-refractivity contribution in [2.24, 2.45) is 11.7 Å². The van der Waals surface area contributed by atoms with Crippen LogP contribution in [0, 0.1) is 19.8 Å². The smallest absolute Gasteiger partial charge is 0.408 e. The number of nitrogens with zero attached hydrogens (tertiary/aromatic N) is 1. The van der Waals surface area contributed by atoms with Gasteiger partial charge >= 0.3 is 6.09 Å². The minimum absolute atomic E-state index is 0.305. The Labute approximate surface area is 241 Å². The van der Waals surface area contributed by atoms with E-state index in [1.807, 2.05) is 39.0 Å². The van der Waals surface area contributed by atoms with Crippen LogP contribution >= 0.6 is 0 Å². The van der Waals surface area contributed by atoms with E-state index in [0.717, 1.165) is 36.8 Å². The molecule has 0 saturated heterocycles. The molecule has 0 bridgehead atoms. The van der Waals surface area contributed by atoms with Crippen molar-refractivity contribution in [2.75, 3.05) is 6.54 Å². The van der Waals surface area contributed by atoms with Gasteiger partial charge in [0.1, 0.15) is 17.7 Å². The first-order valence-electron chi connectivity index (χ1n) is 14.5. The van der Waals surface area contributed by atoms with E-state index in [1.54, 1.807) is 20.8 Å². The maximum Gasteiger partial charge on any atom is 0.408 e. The number of primary amides is 1. The third-order valence-corrected chi connectivity index (χ3v) is 6.45. The lowest BCUT2D eigenvalue weighted by molar-refractivity contribution is -0.146. The number of carbonyl (C=O) groups is 4. The average Bonchev–Trinajstić information content (AvgIpc) is 2.80. The Kier molecular flexibility index (Phi) is 14.2. The standard InChI is InChI=1S/C31H52N4O5/c1-10-11-12-15-33-28(37)27(24-17-21(4)16-22(5)18-24)35(23(6)14-13-20(2)3)29(38)25(19-26(32)36)34-30(39)40-31(7,8)9/h16-18,20,23,25,27H,10-15,19H2,1-9H3,(H2,32,36)(H,33,37)(H,34,39). The van der Waals surface area contributed by atoms with Gasteiger partial charge in [-0.15, -0.1) is 0 Å². The van der Waals surface area contributed by atoms with Crippen molar-refractivity contribution in [1.82, 2.24) is 15.5 Å². The van der Waals surface area contributed by atoms with Gasteiger partial charge in [0, 0.05) is 12.6 Å². The zero-order valence-electron chi connectivity index (χ0n) is 26.1. The molecule has 4 amide bonds. The first kappa shape index (κ1) is 34.9. The quantitative estimate of drug-likeness (QED) is 0.258. The van der Waals surface area contributed by atoms with Gasteiger partial charge in [-0.25, -0.2) is 4.79 Å². The van der Waals surface area contributed by atoms with Crippen molar-refractivity contribution in [1.29, 1.82) is 0 Å². The summed E-state index contributed by atoms with van der Waals surface area (Å²) >= 11 is 0. The van der Waals surface area contributed by atoms with E-state index in [-0.39, 0.29) is 11.9 Å². The van der Waals surface area contributed by atoms with Crippen LogP contribution in [0.25, 0.3) is 0 Å². The Morgan fingerprint density at radius 2 is 1.57 bits per heavy atom. The fourth-order valence-corrected chi connectivity index (χ4v) is 4.63. The number of ether oxygens (including phenoxy) is 1. The van der Waals surface area contributed by atoms with Crippen LogP contribution in [0.4, 0.5) is 4.79 Å². The number of benzene rings is 1. The predicted molar refractivity (Wildman–Crippen MR) is 159 cm³/mol. The van der Waals surface area contributed by atoms with E-state index < -0.39 is 42.0 Å². The van der Waals surface area contributed by atoms with Gasteiger partial charge in [-0.2, -0.15) is 0 Å². The number of unbranched alkanes of at least 4 members (excludes halogenated alkanes) is 2. The Bertz CT molecular complexity index is 982. The van der Waals surface area contributed by atoms with Crippen LogP contribution in [0.15, 0.2) is 18.2 Å². The number of hydrogen-bond donors (Lipinski definition) is 3. The van der Waals surface area contributed by atoms with Gasteiger partial charge in [0.2, 0.25) is 17.7 Å². The van der Waals surface area contributed by atoms with Gasteiger partial charge in [0.25, 0.3) is 0 Å². The molecule has 0 saturated carbocycles. The summed E-state index contributed by atoms with van der Waals surface area (Å²) in [6.45, 7) is 17.7. The van der Waals surface area contributed by atoms with Crippen LogP contribution in [-0.4, -0.2) is 52.9 Å². The maximum absolute atomic E-state index is 14.3. The summed E-state index contributed by atoms with van der Waals surface area (Å²) in [5.74, 6) is -1.24. The van der Waals surface area contributed by atoms with Gasteiger partial charge in [-0.05, 0) is 72.3 Å². The molecule has 0 heterocycles. The third kappa shape index (κ3) is 12.4. The van der Waals surface area contributed by atoms with Crippen LogP contribution in [0.2, 0.25) is 0 Å². The second kappa shape index (κ2) is 16.2. The van der Waals surface area contributed by atoms with Crippen molar-refractivity contribution >= 4 is 23.8 Å². The largest absolute Gasteiger partial charge is 0.444 e. The van der Waals surface area contributed by atoms with Crippen LogP contribution in [0.1, 0.15) is 110 Å². The van der Waals surface area contributed by atoms with Gasteiger partial charge in [-0.1, -0.05) is 62.9 Å². The highest BCUT2D eigenvalue weighted by Gasteiger charge is 2.39. The third-order valence-electron chi connectivity index (χ3n) is 6.45. The number of hydrogen-bond acceptors (Lipinski definition) is 5. The minimum atomic E-state index is -1.30. The molecule has 0 aliphatic carbocycles. The highest BCUT2D eigenvalue weighted by Crippen LogP contribution is 2.29. The topological polar surface area (TPSA) is 131 Å². The van der Waals surface area contributed by atoms with E-state index in [4.69, 9.17) is 10.5 Å². The SMILES string of the molecule is CCCCCNC(=O)C(c1cc(C)cc(C)c1)N(C(=O)C(CC(N)=O)NC(=O)OC(C)(C)C)C(C)CCC(C)C. The molecule has 4 N–H and O–H groups in total. The van der Waals surface area contributed by atoms with E-state index in [9.17, 15) is 19.2 Å². The van der Waals surface area contributed by atoms with Crippen molar-refractivity contribution in [3.63, 3.8) is 0 Å². The molecule has 40 heavy (non-hydrogen) atoms. The Morgan fingerprint density at radius 3 is 2.08 bits per heavy atom. The molecule has 9 nitrogen and oxygen atoms in total. The number of amides is 4. The van der Waals surface area contributed by atoms with Crippen molar-refractivity contribution in [2.45, 2.75) is 125 Å². The zero-order valence-corrected chi connectivity index (χ0v) is 26.1. The molecule has 0 fully saturated rings. The van der Waals surface area contributed by atoms with Crippen molar-refractivity contribution < 1.29 is 23.9 Å². The van der Waals surface area contributed by atoms with Gasteiger partial charge < -0.3 is 26.0 Å². The van der Waals surface area contributed by atoms with E-state index in [1.165, 1.54) is 4.90 Å². The minimum Gasteiger partial charge on any atom is -0.444 e. The van der Waals surface area contributed by atoms with Gasteiger partial charge in [0.15, 0.2) is 0 Å². The molecule has 1 rings (SSSR count). The molecule has 226 valence electrons. The van der Waals surface area contributed by atoms with Gasteiger partial charge in [-0.3, -0.25) is 14.4 Å². The van der Waals surface area contributed by atoms with Crippen LogP contribution in [0.3, 0.4) is 0 Å². The zero-order chi connectivity index (χ0) is 30.6. The molecular weight excluding hydrogens is 508 g/mol. The fourth-order valence-electron chi connectivity index (χ4n) is 4.63. The molecule has 1 aromatic rings. The van der Waals surface area contributed by atoms with Crippen molar-refractivity contribution in [3.05, 3.63) is 34.9 Å². The maximum atomic E-state index is 14.3. The summed E-state index contributed by atoms with van der Waals surface area (Å²) in [4.78, 5) is 54.4. The number of nitrogens with two attached hydrogens (primary N) is 1. The molecule has 0 radical (unpaired) electrons. The second-order valence-electron chi connectivity index (χ2n) is 12.3. The molecule has 0 aliphatic heterocycles. The summed E-state index contributed by atoms with van der Waals surface area (Å²) < 4.78 is 5.37. The lowest BCUT2D eigenvalue weighted by Crippen LogP contribution is -2.56. The van der Waals surface area contributed by atoms with E-state index in [0.29, 0.717) is 24.4 Å². The number of rotatable bonds is 15. The Morgan fingerprint density at radius 1 is 0.975 bits per heavy atom. The molecule has 0 spiro atoms. The van der Waals surface area contributed by atoms with Crippen molar-refractivity contribution in [3.8, 4) is 0 Å². The second-order valence-corrected chi connectivity index (χ2v) is 12.3. The number of alkyl carbamates (subject to hydrolysis) is 1. The Balaban J connectivity index is 3.65. The van der Waals surface area contributed by atoms with Crippen LogP contribution < -0.4 is 16.4 Å².